The van der Waals surface area contributed by atoms with Crippen LogP contribution < -0.4 is 9.46 Å². The zero-order chi connectivity index (χ0) is 19.3. The number of rotatable bonds is 9. The van der Waals surface area contributed by atoms with Crippen LogP contribution in [0.5, 0.6) is 5.75 Å². The quantitative estimate of drug-likeness (QED) is 0.610. The average molecular weight is 398 g/mol. The van der Waals surface area contributed by atoms with Crippen LogP contribution in [-0.4, -0.2) is 71.9 Å². The van der Waals surface area contributed by atoms with Gasteiger partial charge in [-0.2, -0.15) is 0 Å². The van der Waals surface area contributed by atoms with Gasteiger partial charge in [0, 0.05) is 19.6 Å². The van der Waals surface area contributed by atoms with Crippen LogP contribution in [0.4, 0.5) is 0 Å². The summed E-state index contributed by atoms with van der Waals surface area (Å²) in [4.78, 5) is 14.1. The summed E-state index contributed by atoms with van der Waals surface area (Å²) in [6, 6.07) is 5.63. The van der Waals surface area contributed by atoms with E-state index in [1.165, 1.54) is 32.1 Å². The number of nitrogens with zero attached hydrogens (tertiary/aromatic N) is 1. The Hall–Kier alpha value is -1.68. The van der Waals surface area contributed by atoms with Crippen molar-refractivity contribution in [3.05, 3.63) is 24.3 Å². The SMILES string of the molecule is COC(=O)C(CNS(=O)(=O)c1ccc(OCC2CC2)cc1)N1CCOCC1. The Morgan fingerprint density at radius 1 is 1.26 bits per heavy atom. The Morgan fingerprint density at radius 3 is 2.52 bits per heavy atom. The fourth-order valence-electron chi connectivity index (χ4n) is 2.87. The van der Waals surface area contributed by atoms with Crippen molar-refractivity contribution >= 4 is 16.0 Å². The van der Waals surface area contributed by atoms with Gasteiger partial charge in [-0.1, -0.05) is 0 Å². The normalized spacial score (nSPS) is 19.4. The van der Waals surface area contributed by atoms with E-state index in [9.17, 15) is 13.2 Å². The highest BCUT2D eigenvalue weighted by Crippen LogP contribution is 2.29. The second-order valence-corrected chi connectivity index (χ2v) is 8.53. The van der Waals surface area contributed by atoms with Crippen LogP contribution in [0, 0.1) is 5.92 Å². The van der Waals surface area contributed by atoms with Crippen LogP contribution >= 0.6 is 0 Å². The van der Waals surface area contributed by atoms with Crippen molar-refractivity contribution < 1.29 is 27.4 Å². The molecule has 1 N–H and O–H groups in total. The first-order valence-corrected chi connectivity index (χ1v) is 10.6. The third-order valence-electron chi connectivity index (χ3n) is 4.74. The molecule has 2 aliphatic rings. The molecule has 0 bridgehead atoms. The Bertz CT molecular complexity index is 727. The lowest BCUT2D eigenvalue weighted by Crippen LogP contribution is -2.52. The Labute approximate surface area is 159 Å². The summed E-state index contributed by atoms with van der Waals surface area (Å²) in [6.45, 7) is 2.72. The molecule has 0 spiro atoms. The van der Waals surface area contributed by atoms with Gasteiger partial charge in [-0.3, -0.25) is 9.69 Å². The van der Waals surface area contributed by atoms with E-state index in [4.69, 9.17) is 14.2 Å². The smallest absolute Gasteiger partial charge is 0.324 e. The number of hydrogen-bond acceptors (Lipinski definition) is 7. The number of hydrogen-bond donors (Lipinski definition) is 1. The number of methoxy groups -OCH3 is 1. The van der Waals surface area contributed by atoms with E-state index in [2.05, 4.69) is 4.72 Å². The van der Waals surface area contributed by atoms with Crippen molar-refractivity contribution in [2.45, 2.75) is 23.8 Å². The van der Waals surface area contributed by atoms with Gasteiger partial charge in [0.05, 0.1) is 31.8 Å². The molecular weight excluding hydrogens is 372 g/mol. The maximum atomic E-state index is 12.6. The van der Waals surface area contributed by atoms with Crippen LogP contribution in [0.15, 0.2) is 29.2 Å². The van der Waals surface area contributed by atoms with Crippen molar-refractivity contribution in [1.82, 2.24) is 9.62 Å². The largest absolute Gasteiger partial charge is 0.493 e. The molecule has 2 fully saturated rings. The third-order valence-corrected chi connectivity index (χ3v) is 6.18. The number of esters is 1. The summed E-state index contributed by atoms with van der Waals surface area (Å²) in [6.07, 6.45) is 2.39. The minimum absolute atomic E-state index is 0.0606. The molecule has 1 aliphatic carbocycles. The van der Waals surface area contributed by atoms with Crippen molar-refractivity contribution in [2.24, 2.45) is 5.92 Å². The number of nitrogens with one attached hydrogen (secondary N) is 1. The lowest BCUT2D eigenvalue weighted by Gasteiger charge is -2.32. The molecule has 1 aromatic carbocycles. The fraction of sp³-hybridized carbons (Fsp3) is 0.611. The van der Waals surface area contributed by atoms with Gasteiger partial charge in [-0.25, -0.2) is 13.1 Å². The zero-order valence-corrected chi connectivity index (χ0v) is 16.2. The number of carbonyl (C=O) groups excluding carboxylic acids is 1. The summed E-state index contributed by atoms with van der Waals surface area (Å²) in [5.41, 5.74) is 0. The Kier molecular flexibility index (Phi) is 6.69. The molecule has 1 unspecified atom stereocenters. The first-order valence-electron chi connectivity index (χ1n) is 9.12. The summed E-state index contributed by atoms with van der Waals surface area (Å²) in [7, 11) is -2.45. The molecule has 3 rings (SSSR count). The highest BCUT2D eigenvalue weighted by molar-refractivity contribution is 7.89. The Balaban J connectivity index is 1.60. The van der Waals surface area contributed by atoms with E-state index >= 15 is 0 Å². The van der Waals surface area contributed by atoms with E-state index in [1.54, 1.807) is 12.1 Å². The molecule has 1 atom stereocenters. The molecule has 1 heterocycles. The van der Waals surface area contributed by atoms with Crippen LogP contribution in [0.2, 0.25) is 0 Å². The minimum atomic E-state index is -3.74. The second-order valence-electron chi connectivity index (χ2n) is 6.76. The zero-order valence-electron chi connectivity index (χ0n) is 15.4. The molecule has 1 aliphatic heterocycles. The molecular formula is C18H26N2O6S. The maximum absolute atomic E-state index is 12.6. The molecule has 0 aromatic heterocycles. The molecule has 1 saturated carbocycles. The van der Waals surface area contributed by atoms with Gasteiger partial charge in [-0.15, -0.1) is 0 Å². The van der Waals surface area contributed by atoms with Crippen molar-refractivity contribution in [3.8, 4) is 5.75 Å². The predicted octanol–water partition coefficient (Wildman–Crippen LogP) is 0.628. The number of benzene rings is 1. The maximum Gasteiger partial charge on any atom is 0.324 e. The molecule has 1 saturated heterocycles. The molecule has 1 aromatic rings. The van der Waals surface area contributed by atoms with Crippen LogP contribution in [0.3, 0.4) is 0 Å². The van der Waals surface area contributed by atoms with Crippen molar-refractivity contribution in [3.63, 3.8) is 0 Å². The topological polar surface area (TPSA) is 94.2 Å². The number of morpholine rings is 1. The van der Waals surface area contributed by atoms with Gasteiger partial charge in [0.2, 0.25) is 10.0 Å². The Morgan fingerprint density at radius 2 is 1.93 bits per heavy atom. The van der Waals surface area contributed by atoms with Gasteiger partial charge in [0.15, 0.2) is 0 Å². The van der Waals surface area contributed by atoms with Crippen LogP contribution in [0.25, 0.3) is 0 Å². The highest BCUT2D eigenvalue weighted by Gasteiger charge is 2.30. The standard InChI is InChI=1S/C18H26N2O6S/c1-24-18(21)17(20-8-10-25-11-9-20)12-19-27(22,23)16-6-4-15(5-7-16)26-13-14-2-3-14/h4-7,14,17,19H,2-3,8-13H2,1H3. The van der Waals surface area contributed by atoms with Gasteiger partial charge in [0.25, 0.3) is 0 Å². The lowest BCUT2D eigenvalue weighted by atomic mass is 10.2. The monoisotopic (exact) mass is 398 g/mol. The summed E-state index contributed by atoms with van der Waals surface area (Å²) in [5.74, 6) is 0.815. The molecule has 150 valence electrons. The summed E-state index contributed by atoms with van der Waals surface area (Å²) < 4.78 is 43.4. The van der Waals surface area contributed by atoms with Crippen molar-refractivity contribution in [1.29, 1.82) is 0 Å². The first kappa shape index (κ1) is 20.1. The second kappa shape index (κ2) is 9.01. The summed E-state index contributed by atoms with van der Waals surface area (Å²) in [5, 5.41) is 0. The minimum Gasteiger partial charge on any atom is -0.493 e. The van der Waals surface area contributed by atoms with Crippen LogP contribution in [0.1, 0.15) is 12.8 Å². The first-order chi connectivity index (χ1) is 13.0. The average Bonchev–Trinajstić information content (AvgIpc) is 3.52. The highest BCUT2D eigenvalue weighted by atomic mass is 32.2. The van der Waals surface area contributed by atoms with E-state index in [1.807, 2.05) is 4.90 Å². The van der Waals surface area contributed by atoms with E-state index < -0.39 is 22.0 Å². The molecule has 9 heteroatoms. The number of ether oxygens (including phenoxy) is 3. The van der Waals surface area contributed by atoms with E-state index in [-0.39, 0.29) is 11.4 Å². The van der Waals surface area contributed by atoms with Crippen molar-refractivity contribution in [2.75, 3.05) is 46.6 Å². The number of carbonyl (C=O) groups is 1. The fourth-order valence-corrected chi connectivity index (χ4v) is 3.91. The van der Waals surface area contributed by atoms with Gasteiger partial charge in [0.1, 0.15) is 11.8 Å². The van der Waals surface area contributed by atoms with Gasteiger partial charge < -0.3 is 14.2 Å². The molecule has 27 heavy (non-hydrogen) atoms. The number of sulfonamides is 1. The molecule has 8 nitrogen and oxygen atoms in total. The summed E-state index contributed by atoms with van der Waals surface area (Å²) >= 11 is 0. The predicted molar refractivity (Wildman–Crippen MR) is 98.0 cm³/mol. The van der Waals surface area contributed by atoms with E-state index in [0.717, 1.165) is 0 Å². The van der Waals surface area contributed by atoms with Crippen LogP contribution in [-0.2, 0) is 24.3 Å². The van der Waals surface area contributed by atoms with Gasteiger partial charge >= 0.3 is 5.97 Å². The molecule has 0 radical (unpaired) electrons. The van der Waals surface area contributed by atoms with Gasteiger partial charge in [-0.05, 0) is 43.0 Å². The molecule has 0 amide bonds. The van der Waals surface area contributed by atoms with E-state index in [0.29, 0.717) is 44.6 Å². The lowest BCUT2D eigenvalue weighted by molar-refractivity contribution is -0.148. The third kappa shape index (κ3) is 5.65.